The zero-order valence-electron chi connectivity index (χ0n) is 10.8. The van der Waals surface area contributed by atoms with Crippen molar-refractivity contribution in [1.82, 2.24) is 5.32 Å². The topological polar surface area (TPSA) is 66.4 Å². The molecule has 0 spiro atoms. The molecule has 19 heavy (non-hydrogen) atoms. The number of carboxylic acids is 1. The summed E-state index contributed by atoms with van der Waals surface area (Å²) in [6, 6.07) is 3.82. The first-order valence-corrected chi connectivity index (χ1v) is 6.78. The fourth-order valence-corrected chi connectivity index (χ4v) is 2.29. The molecule has 0 aromatic heterocycles. The van der Waals surface area contributed by atoms with Gasteiger partial charge in [0.1, 0.15) is 6.04 Å². The van der Waals surface area contributed by atoms with E-state index < -0.39 is 23.3 Å². The second-order valence-electron chi connectivity index (χ2n) is 5.23. The molecule has 0 saturated carbocycles. The molecule has 0 radical (unpaired) electrons. The lowest BCUT2D eigenvalue weighted by Gasteiger charge is -2.27. The van der Waals surface area contributed by atoms with Gasteiger partial charge in [-0.05, 0) is 23.6 Å². The maximum Gasteiger partial charge on any atom is 0.326 e. The lowest BCUT2D eigenvalue weighted by atomic mass is 9.86. The van der Waals surface area contributed by atoms with Crippen LogP contribution < -0.4 is 5.32 Å². The van der Waals surface area contributed by atoms with Crippen LogP contribution in [0.3, 0.4) is 0 Å². The molecular weight excluding hydrogens is 334 g/mol. The van der Waals surface area contributed by atoms with E-state index in [-0.39, 0.29) is 10.6 Å². The molecule has 0 heterocycles. The van der Waals surface area contributed by atoms with Gasteiger partial charge in [-0.3, -0.25) is 4.79 Å². The van der Waals surface area contributed by atoms with Gasteiger partial charge in [0.05, 0.1) is 10.6 Å². The molecule has 0 bridgehead atoms. The van der Waals surface area contributed by atoms with Gasteiger partial charge in [0.25, 0.3) is 5.91 Å². The Labute approximate surface area is 125 Å². The molecule has 0 aliphatic rings. The first-order chi connectivity index (χ1) is 8.62. The van der Waals surface area contributed by atoms with Crippen molar-refractivity contribution >= 4 is 39.4 Å². The van der Waals surface area contributed by atoms with E-state index in [0.29, 0.717) is 0 Å². The third-order valence-electron chi connectivity index (χ3n) is 2.56. The molecule has 104 valence electrons. The summed E-state index contributed by atoms with van der Waals surface area (Å²) in [5.41, 5.74) is -0.344. The van der Waals surface area contributed by atoms with E-state index in [4.69, 9.17) is 16.7 Å². The van der Waals surface area contributed by atoms with Crippen LogP contribution in [0.25, 0.3) is 0 Å². The number of halogens is 2. The third kappa shape index (κ3) is 4.21. The second kappa shape index (κ2) is 5.92. The van der Waals surface area contributed by atoms with Gasteiger partial charge in [0.2, 0.25) is 0 Å². The van der Waals surface area contributed by atoms with Gasteiger partial charge >= 0.3 is 5.97 Å². The smallest absolute Gasteiger partial charge is 0.326 e. The van der Waals surface area contributed by atoms with Crippen LogP contribution in [0.5, 0.6) is 0 Å². The molecule has 2 N–H and O–H groups in total. The number of carbonyl (C=O) groups excluding carboxylic acids is 1. The highest BCUT2D eigenvalue weighted by molar-refractivity contribution is 9.10. The predicted octanol–water partition coefficient (Wildman–Crippen LogP) is 3.33. The van der Waals surface area contributed by atoms with Crippen molar-refractivity contribution in [2.75, 3.05) is 0 Å². The lowest BCUT2D eigenvalue weighted by molar-refractivity contribution is -0.142. The van der Waals surface area contributed by atoms with Gasteiger partial charge in [-0.1, -0.05) is 48.3 Å². The van der Waals surface area contributed by atoms with Crippen LogP contribution in [-0.4, -0.2) is 23.0 Å². The Kier molecular flexibility index (Phi) is 4.98. The minimum Gasteiger partial charge on any atom is -0.480 e. The highest BCUT2D eigenvalue weighted by atomic mass is 79.9. The molecule has 0 fully saturated rings. The molecule has 0 aliphatic heterocycles. The number of nitrogens with one attached hydrogen (secondary N) is 1. The van der Waals surface area contributed by atoms with Gasteiger partial charge < -0.3 is 10.4 Å². The van der Waals surface area contributed by atoms with Crippen LogP contribution >= 0.6 is 27.5 Å². The first kappa shape index (κ1) is 16.0. The lowest BCUT2D eigenvalue weighted by Crippen LogP contribution is -2.49. The number of aliphatic carboxylic acids is 1. The van der Waals surface area contributed by atoms with Crippen LogP contribution in [-0.2, 0) is 4.79 Å². The van der Waals surface area contributed by atoms with Crippen LogP contribution in [0.2, 0.25) is 5.02 Å². The van der Waals surface area contributed by atoms with Gasteiger partial charge in [-0.2, -0.15) is 0 Å². The molecule has 1 aromatic carbocycles. The summed E-state index contributed by atoms with van der Waals surface area (Å²) in [6.07, 6.45) is 0. The van der Waals surface area contributed by atoms with E-state index in [1.165, 1.54) is 0 Å². The summed E-state index contributed by atoms with van der Waals surface area (Å²) >= 11 is 9.20. The number of benzene rings is 1. The molecule has 1 rings (SSSR count). The highest BCUT2D eigenvalue weighted by Gasteiger charge is 2.33. The Balaban J connectivity index is 2.98. The third-order valence-corrected chi connectivity index (χ3v) is 3.37. The monoisotopic (exact) mass is 347 g/mol. The molecular formula is C13H15BrClNO3. The largest absolute Gasteiger partial charge is 0.480 e. The van der Waals surface area contributed by atoms with E-state index >= 15 is 0 Å². The summed E-state index contributed by atoms with van der Waals surface area (Å²) in [4.78, 5) is 23.3. The standard InChI is InChI=1S/C13H15BrClNO3/c1-13(2,3)10(12(18)19)16-11(17)8-5-4-7(14)6-9(8)15/h4-6,10H,1-3H3,(H,16,17)(H,18,19). The van der Waals surface area contributed by atoms with E-state index in [2.05, 4.69) is 21.2 Å². The van der Waals surface area contributed by atoms with Gasteiger partial charge in [-0.25, -0.2) is 4.79 Å². The normalized spacial score (nSPS) is 12.9. The average molecular weight is 349 g/mol. The summed E-state index contributed by atoms with van der Waals surface area (Å²) in [5.74, 6) is -1.58. The summed E-state index contributed by atoms with van der Waals surface area (Å²) in [6.45, 7) is 5.24. The predicted molar refractivity (Wildman–Crippen MR) is 77.5 cm³/mol. The Morgan fingerprint density at radius 2 is 1.95 bits per heavy atom. The Morgan fingerprint density at radius 1 is 1.37 bits per heavy atom. The van der Waals surface area contributed by atoms with E-state index in [1.807, 2.05) is 0 Å². The molecule has 0 saturated heterocycles. The van der Waals surface area contributed by atoms with Crippen molar-refractivity contribution in [1.29, 1.82) is 0 Å². The van der Waals surface area contributed by atoms with E-state index in [0.717, 1.165) is 4.47 Å². The molecule has 1 amide bonds. The van der Waals surface area contributed by atoms with Crippen molar-refractivity contribution in [2.45, 2.75) is 26.8 Å². The SMILES string of the molecule is CC(C)(C)C(NC(=O)c1ccc(Br)cc1Cl)C(=O)O. The second-order valence-corrected chi connectivity index (χ2v) is 6.56. The molecule has 6 heteroatoms. The van der Waals surface area contributed by atoms with Crippen LogP contribution in [0.15, 0.2) is 22.7 Å². The van der Waals surface area contributed by atoms with Gasteiger partial charge in [0, 0.05) is 4.47 Å². The number of hydrogen-bond acceptors (Lipinski definition) is 2. The van der Waals surface area contributed by atoms with Crippen molar-refractivity contribution in [3.05, 3.63) is 33.3 Å². The summed E-state index contributed by atoms with van der Waals surface area (Å²) < 4.78 is 0.750. The van der Waals surface area contributed by atoms with Crippen LogP contribution in [0.4, 0.5) is 0 Å². The Hall–Kier alpha value is -1.07. The number of hydrogen-bond donors (Lipinski definition) is 2. The van der Waals surface area contributed by atoms with Gasteiger partial charge in [-0.15, -0.1) is 0 Å². The maximum absolute atomic E-state index is 12.1. The quantitative estimate of drug-likeness (QED) is 0.880. The van der Waals surface area contributed by atoms with E-state index in [9.17, 15) is 9.59 Å². The molecule has 0 aliphatic carbocycles. The Morgan fingerprint density at radius 3 is 2.37 bits per heavy atom. The van der Waals surface area contributed by atoms with Crippen LogP contribution in [0.1, 0.15) is 31.1 Å². The molecule has 4 nitrogen and oxygen atoms in total. The van der Waals surface area contributed by atoms with Crippen molar-refractivity contribution in [2.24, 2.45) is 5.41 Å². The fourth-order valence-electron chi connectivity index (χ4n) is 1.53. The number of rotatable bonds is 3. The highest BCUT2D eigenvalue weighted by Crippen LogP contribution is 2.23. The minimum absolute atomic E-state index is 0.250. The molecule has 1 unspecified atom stereocenters. The summed E-state index contributed by atoms with van der Waals surface area (Å²) in [5, 5.41) is 11.9. The fraction of sp³-hybridized carbons (Fsp3) is 0.385. The first-order valence-electron chi connectivity index (χ1n) is 5.61. The number of amides is 1. The summed E-state index contributed by atoms with van der Waals surface area (Å²) in [7, 11) is 0. The number of carboxylic acid groups (broad SMARTS) is 1. The van der Waals surface area contributed by atoms with Gasteiger partial charge in [0.15, 0.2) is 0 Å². The zero-order chi connectivity index (χ0) is 14.8. The number of carbonyl (C=O) groups is 2. The van der Waals surface area contributed by atoms with Crippen LogP contribution in [0, 0.1) is 5.41 Å². The molecule has 1 atom stereocenters. The average Bonchev–Trinajstić information content (AvgIpc) is 2.23. The van der Waals surface area contributed by atoms with Crippen molar-refractivity contribution < 1.29 is 14.7 Å². The maximum atomic E-state index is 12.1. The molecule has 1 aromatic rings. The van der Waals surface area contributed by atoms with Crippen molar-refractivity contribution in [3.8, 4) is 0 Å². The minimum atomic E-state index is -1.07. The zero-order valence-corrected chi connectivity index (χ0v) is 13.2. The Bertz CT molecular complexity index is 511. The van der Waals surface area contributed by atoms with E-state index in [1.54, 1.807) is 39.0 Å². The van der Waals surface area contributed by atoms with Crippen molar-refractivity contribution in [3.63, 3.8) is 0 Å².